The second kappa shape index (κ2) is 6.17. The molecule has 0 unspecified atom stereocenters. The number of phenols is 2. The Bertz CT molecular complexity index is 664. The van der Waals surface area contributed by atoms with Crippen LogP contribution in [0.3, 0.4) is 0 Å². The van der Waals surface area contributed by atoms with Crippen molar-refractivity contribution in [1.29, 1.82) is 0 Å². The number of methoxy groups -OCH3 is 2. The lowest BCUT2D eigenvalue weighted by atomic mass is 10.0. The Kier molecular flexibility index (Phi) is 4.33. The molecule has 0 saturated heterocycles. The van der Waals surface area contributed by atoms with Crippen LogP contribution < -0.4 is 9.47 Å². The van der Waals surface area contributed by atoms with Crippen molar-refractivity contribution in [3.8, 4) is 23.0 Å². The van der Waals surface area contributed by atoms with Gasteiger partial charge in [-0.3, -0.25) is 4.79 Å². The summed E-state index contributed by atoms with van der Waals surface area (Å²) in [6, 6.07) is 9.25. The molecular formula is C16H16O5. The minimum atomic E-state index is -0.312. The summed E-state index contributed by atoms with van der Waals surface area (Å²) >= 11 is 0. The van der Waals surface area contributed by atoms with Crippen LogP contribution in [0.4, 0.5) is 0 Å². The summed E-state index contributed by atoms with van der Waals surface area (Å²) in [6.07, 6.45) is 0.157. The number of carbonyl (C=O) groups excluding carboxylic acids is 1. The molecule has 0 aromatic heterocycles. The standard InChI is InChI=1S/C16H16O5/c1-20-15-6-3-10(8-16(15)21-2)7-13(18)11-4-5-12(17)14(19)9-11/h3-6,8-9,17,19H,7H2,1-2H3. The average Bonchev–Trinajstić information content (AvgIpc) is 2.49. The number of rotatable bonds is 5. The van der Waals surface area contributed by atoms with Crippen LogP contribution in [0, 0.1) is 0 Å². The second-order valence-corrected chi connectivity index (χ2v) is 4.49. The summed E-state index contributed by atoms with van der Waals surface area (Å²) in [4.78, 5) is 12.2. The van der Waals surface area contributed by atoms with Gasteiger partial charge in [-0.25, -0.2) is 0 Å². The molecule has 2 aromatic rings. The van der Waals surface area contributed by atoms with Crippen molar-refractivity contribution in [1.82, 2.24) is 0 Å². The Balaban J connectivity index is 2.21. The van der Waals surface area contributed by atoms with Crippen LogP contribution in [-0.2, 0) is 6.42 Å². The van der Waals surface area contributed by atoms with E-state index in [0.717, 1.165) is 5.56 Å². The number of ether oxygens (including phenoxy) is 2. The molecule has 0 amide bonds. The van der Waals surface area contributed by atoms with Gasteiger partial charge in [0, 0.05) is 12.0 Å². The number of hydrogen-bond acceptors (Lipinski definition) is 5. The zero-order chi connectivity index (χ0) is 15.4. The smallest absolute Gasteiger partial charge is 0.167 e. The van der Waals surface area contributed by atoms with Crippen molar-refractivity contribution < 1.29 is 24.5 Å². The molecule has 0 aliphatic heterocycles. The molecule has 5 heteroatoms. The third-order valence-corrected chi connectivity index (χ3v) is 3.11. The lowest BCUT2D eigenvalue weighted by molar-refractivity contribution is 0.0992. The van der Waals surface area contributed by atoms with Crippen LogP contribution >= 0.6 is 0 Å². The molecular weight excluding hydrogens is 272 g/mol. The molecule has 2 N–H and O–H groups in total. The van der Waals surface area contributed by atoms with E-state index in [0.29, 0.717) is 17.1 Å². The second-order valence-electron chi connectivity index (χ2n) is 4.49. The normalized spacial score (nSPS) is 10.2. The average molecular weight is 288 g/mol. The van der Waals surface area contributed by atoms with Crippen molar-refractivity contribution in [3.05, 3.63) is 47.5 Å². The Morgan fingerprint density at radius 2 is 1.67 bits per heavy atom. The lowest BCUT2D eigenvalue weighted by Crippen LogP contribution is -2.04. The first kappa shape index (κ1) is 14.7. The van der Waals surface area contributed by atoms with E-state index >= 15 is 0 Å². The summed E-state index contributed by atoms with van der Waals surface area (Å²) in [6.45, 7) is 0. The van der Waals surface area contributed by atoms with Gasteiger partial charge in [0.05, 0.1) is 14.2 Å². The van der Waals surface area contributed by atoms with Gasteiger partial charge in [-0.2, -0.15) is 0 Å². The first-order valence-corrected chi connectivity index (χ1v) is 6.31. The highest BCUT2D eigenvalue weighted by molar-refractivity contribution is 5.98. The van der Waals surface area contributed by atoms with Crippen molar-refractivity contribution in [2.24, 2.45) is 0 Å². The van der Waals surface area contributed by atoms with Crippen molar-refractivity contribution in [3.63, 3.8) is 0 Å². The fourth-order valence-electron chi connectivity index (χ4n) is 1.97. The minimum absolute atomic E-state index is 0.157. The number of carbonyl (C=O) groups is 1. The lowest BCUT2D eigenvalue weighted by Gasteiger charge is -2.09. The van der Waals surface area contributed by atoms with E-state index in [1.165, 1.54) is 25.3 Å². The molecule has 0 heterocycles. The number of benzene rings is 2. The highest BCUT2D eigenvalue weighted by atomic mass is 16.5. The zero-order valence-electron chi connectivity index (χ0n) is 11.8. The van der Waals surface area contributed by atoms with E-state index in [1.807, 2.05) is 0 Å². The van der Waals surface area contributed by atoms with Crippen molar-refractivity contribution in [2.45, 2.75) is 6.42 Å². The maximum Gasteiger partial charge on any atom is 0.167 e. The number of ketones is 1. The number of aromatic hydroxyl groups is 2. The highest BCUT2D eigenvalue weighted by Gasteiger charge is 2.12. The van der Waals surface area contributed by atoms with E-state index in [1.54, 1.807) is 25.3 Å². The molecule has 2 aromatic carbocycles. The van der Waals surface area contributed by atoms with Gasteiger partial charge in [-0.1, -0.05) is 6.07 Å². The number of hydrogen-bond donors (Lipinski definition) is 2. The van der Waals surface area contributed by atoms with Gasteiger partial charge in [-0.05, 0) is 35.9 Å². The Morgan fingerprint density at radius 1 is 0.952 bits per heavy atom. The van der Waals surface area contributed by atoms with E-state index < -0.39 is 0 Å². The third-order valence-electron chi connectivity index (χ3n) is 3.11. The van der Waals surface area contributed by atoms with Crippen LogP contribution in [0.1, 0.15) is 15.9 Å². The molecule has 0 spiro atoms. The number of phenolic OH excluding ortho intramolecular Hbond substituents is 2. The maximum atomic E-state index is 12.2. The van der Waals surface area contributed by atoms with Crippen LogP contribution in [-0.4, -0.2) is 30.2 Å². The molecule has 0 bridgehead atoms. The van der Waals surface area contributed by atoms with E-state index in [9.17, 15) is 15.0 Å². The van der Waals surface area contributed by atoms with Crippen LogP contribution in [0.15, 0.2) is 36.4 Å². The van der Waals surface area contributed by atoms with Crippen LogP contribution in [0.5, 0.6) is 23.0 Å². The van der Waals surface area contributed by atoms with Gasteiger partial charge in [0.1, 0.15) is 0 Å². The topological polar surface area (TPSA) is 76.0 Å². The largest absolute Gasteiger partial charge is 0.504 e. The first-order valence-electron chi connectivity index (χ1n) is 6.31. The van der Waals surface area contributed by atoms with E-state index in [-0.39, 0.29) is 23.7 Å². The summed E-state index contributed by atoms with van der Waals surface area (Å²) in [7, 11) is 3.07. The van der Waals surface area contributed by atoms with E-state index in [2.05, 4.69) is 0 Å². The fraction of sp³-hybridized carbons (Fsp3) is 0.188. The highest BCUT2D eigenvalue weighted by Crippen LogP contribution is 2.29. The summed E-state index contributed by atoms with van der Waals surface area (Å²) < 4.78 is 10.3. The predicted molar refractivity (Wildman–Crippen MR) is 77.4 cm³/mol. The predicted octanol–water partition coefficient (Wildman–Crippen LogP) is 2.54. The van der Waals surface area contributed by atoms with Gasteiger partial charge in [-0.15, -0.1) is 0 Å². The molecule has 0 aliphatic carbocycles. The SMILES string of the molecule is COc1ccc(CC(=O)c2ccc(O)c(O)c2)cc1OC. The van der Waals surface area contributed by atoms with Crippen molar-refractivity contribution in [2.75, 3.05) is 14.2 Å². The van der Waals surface area contributed by atoms with Gasteiger partial charge in [0.25, 0.3) is 0 Å². The Hall–Kier alpha value is -2.69. The summed E-state index contributed by atoms with van der Waals surface area (Å²) in [5.41, 5.74) is 1.10. The van der Waals surface area contributed by atoms with Crippen LogP contribution in [0.25, 0.3) is 0 Å². The molecule has 2 rings (SSSR count). The van der Waals surface area contributed by atoms with Crippen LogP contribution in [0.2, 0.25) is 0 Å². The monoisotopic (exact) mass is 288 g/mol. The molecule has 21 heavy (non-hydrogen) atoms. The van der Waals surface area contributed by atoms with Gasteiger partial charge in [0.15, 0.2) is 28.8 Å². The van der Waals surface area contributed by atoms with Crippen molar-refractivity contribution >= 4 is 5.78 Å². The molecule has 0 aliphatic rings. The first-order chi connectivity index (χ1) is 10.0. The molecule has 5 nitrogen and oxygen atoms in total. The quantitative estimate of drug-likeness (QED) is 0.653. The van der Waals surface area contributed by atoms with Gasteiger partial charge in [0.2, 0.25) is 0 Å². The molecule has 0 radical (unpaired) electrons. The molecule has 110 valence electrons. The summed E-state index contributed by atoms with van der Waals surface area (Å²) in [5, 5.41) is 18.7. The van der Waals surface area contributed by atoms with E-state index in [4.69, 9.17) is 9.47 Å². The minimum Gasteiger partial charge on any atom is -0.504 e. The Labute approximate surface area is 122 Å². The third kappa shape index (κ3) is 3.25. The maximum absolute atomic E-state index is 12.2. The van der Waals surface area contributed by atoms with Gasteiger partial charge < -0.3 is 19.7 Å². The Morgan fingerprint density at radius 3 is 2.29 bits per heavy atom. The zero-order valence-corrected chi connectivity index (χ0v) is 11.8. The molecule has 0 atom stereocenters. The fourth-order valence-corrected chi connectivity index (χ4v) is 1.97. The molecule has 0 fully saturated rings. The number of Topliss-reactive ketones (excluding diaryl/α,β-unsaturated/α-hetero) is 1. The summed E-state index contributed by atoms with van der Waals surface area (Å²) in [5.74, 6) is 0.413. The van der Waals surface area contributed by atoms with Gasteiger partial charge >= 0.3 is 0 Å². The molecule has 0 saturated carbocycles.